The number of rotatable bonds is 1. The Morgan fingerprint density at radius 1 is 1.05 bits per heavy atom. The molecular weight excluding hydrogens is 303 g/mol. The van der Waals surface area contributed by atoms with Gasteiger partial charge in [-0.15, -0.1) is 0 Å². The Morgan fingerprint density at radius 2 is 1.71 bits per heavy atom. The van der Waals surface area contributed by atoms with Crippen LogP contribution in [0.15, 0.2) is 18.2 Å². The number of piperidine rings is 1. The van der Waals surface area contributed by atoms with E-state index in [9.17, 15) is 30.7 Å². The number of hydrogen-bond donors (Lipinski definition) is 1. The Morgan fingerprint density at radius 3 is 2.24 bits per heavy atom. The van der Waals surface area contributed by atoms with Crippen molar-refractivity contribution in [2.45, 2.75) is 31.2 Å². The molecule has 1 saturated heterocycles. The molecule has 2 unspecified atom stereocenters. The molecule has 0 spiro atoms. The standard InChI is InChI=1S/C13H12F7N/c14-10-6-7(3-4-8(10)12(15,16)17)11-9(13(18,19)20)2-1-5-21-11/h3-4,6,9,11,21H,1-2,5H2. The molecule has 1 aromatic rings. The van der Waals surface area contributed by atoms with Gasteiger partial charge in [0.25, 0.3) is 0 Å². The third-order valence-electron chi connectivity index (χ3n) is 3.54. The maximum atomic E-state index is 13.5. The monoisotopic (exact) mass is 315 g/mol. The van der Waals surface area contributed by atoms with Crippen molar-refractivity contribution in [1.82, 2.24) is 5.32 Å². The lowest BCUT2D eigenvalue weighted by atomic mass is 9.85. The molecule has 0 amide bonds. The Hall–Kier alpha value is -1.31. The SMILES string of the molecule is Fc1cc(C2NCCCC2C(F)(F)F)ccc1C(F)(F)F. The summed E-state index contributed by atoms with van der Waals surface area (Å²) in [7, 11) is 0. The van der Waals surface area contributed by atoms with E-state index in [1.165, 1.54) is 0 Å². The topological polar surface area (TPSA) is 12.0 Å². The number of hydrogen-bond acceptors (Lipinski definition) is 1. The van der Waals surface area contributed by atoms with Gasteiger partial charge < -0.3 is 5.32 Å². The maximum Gasteiger partial charge on any atom is 0.419 e. The first-order chi connectivity index (χ1) is 9.60. The molecule has 2 atom stereocenters. The molecule has 2 rings (SSSR count). The van der Waals surface area contributed by atoms with Crippen molar-refractivity contribution in [3.05, 3.63) is 35.1 Å². The lowest BCUT2D eigenvalue weighted by Crippen LogP contribution is -2.41. The van der Waals surface area contributed by atoms with E-state index >= 15 is 0 Å². The van der Waals surface area contributed by atoms with E-state index in [0.29, 0.717) is 25.1 Å². The molecule has 1 aromatic carbocycles. The number of alkyl halides is 6. The third-order valence-corrected chi connectivity index (χ3v) is 3.54. The van der Waals surface area contributed by atoms with Crippen LogP contribution < -0.4 is 5.32 Å². The van der Waals surface area contributed by atoms with Gasteiger partial charge in [0.15, 0.2) is 0 Å². The Labute approximate surface area is 116 Å². The average Bonchev–Trinajstić information content (AvgIpc) is 2.36. The maximum absolute atomic E-state index is 13.5. The van der Waals surface area contributed by atoms with Crippen LogP contribution in [0.4, 0.5) is 30.7 Å². The van der Waals surface area contributed by atoms with Crippen LogP contribution in [0.2, 0.25) is 0 Å². The van der Waals surface area contributed by atoms with Gasteiger partial charge in [0, 0.05) is 6.04 Å². The second kappa shape index (κ2) is 5.47. The molecule has 1 aliphatic heterocycles. The van der Waals surface area contributed by atoms with Gasteiger partial charge >= 0.3 is 12.4 Å². The minimum absolute atomic E-state index is 0.123. The highest BCUT2D eigenvalue weighted by Gasteiger charge is 2.46. The second-order valence-electron chi connectivity index (χ2n) is 4.96. The van der Waals surface area contributed by atoms with Crippen LogP contribution in [0, 0.1) is 11.7 Å². The van der Waals surface area contributed by atoms with Crippen molar-refractivity contribution in [3.63, 3.8) is 0 Å². The van der Waals surface area contributed by atoms with E-state index in [1.54, 1.807) is 0 Å². The van der Waals surface area contributed by atoms with Crippen LogP contribution in [0.3, 0.4) is 0 Å². The molecular formula is C13H12F7N. The molecule has 1 aliphatic rings. The highest BCUT2D eigenvalue weighted by atomic mass is 19.4. The number of nitrogens with one attached hydrogen (secondary N) is 1. The zero-order valence-corrected chi connectivity index (χ0v) is 10.7. The summed E-state index contributed by atoms with van der Waals surface area (Å²) >= 11 is 0. The summed E-state index contributed by atoms with van der Waals surface area (Å²) < 4.78 is 89.7. The van der Waals surface area contributed by atoms with E-state index in [1.807, 2.05) is 0 Å². The van der Waals surface area contributed by atoms with Gasteiger partial charge in [-0.25, -0.2) is 4.39 Å². The molecule has 1 nitrogen and oxygen atoms in total. The highest BCUT2D eigenvalue weighted by Crippen LogP contribution is 2.42. The summed E-state index contributed by atoms with van der Waals surface area (Å²) in [5.41, 5.74) is -1.60. The molecule has 21 heavy (non-hydrogen) atoms. The first kappa shape index (κ1) is 16.1. The largest absolute Gasteiger partial charge is 0.419 e. The molecule has 1 heterocycles. The van der Waals surface area contributed by atoms with E-state index in [0.717, 1.165) is 6.07 Å². The Balaban J connectivity index is 2.34. The third kappa shape index (κ3) is 3.48. The molecule has 118 valence electrons. The summed E-state index contributed by atoms with van der Waals surface area (Å²) in [4.78, 5) is 0. The van der Waals surface area contributed by atoms with Crippen LogP contribution in [0.1, 0.15) is 30.0 Å². The van der Waals surface area contributed by atoms with Crippen molar-refractivity contribution >= 4 is 0 Å². The molecule has 0 aromatic heterocycles. The molecule has 0 radical (unpaired) electrons. The predicted molar refractivity (Wildman–Crippen MR) is 60.9 cm³/mol. The lowest BCUT2D eigenvalue weighted by molar-refractivity contribution is -0.189. The van der Waals surface area contributed by atoms with Gasteiger partial charge in [0.2, 0.25) is 0 Å². The minimum Gasteiger partial charge on any atom is -0.309 e. The molecule has 0 saturated carbocycles. The van der Waals surface area contributed by atoms with Gasteiger partial charge in [-0.1, -0.05) is 6.07 Å². The molecule has 8 heteroatoms. The summed E-state index contributed by atoms with van der Waals surface area (Å²) in [6, 6.07) is 0.683. The van der Waals surface area contributed by atoms with Gasteiger partial charge in [0.1, 0.15) is 5.82 Å². The molecule has 0 aliphatic carbocycles. The van der Waals surface area contributed by atoms with E-state index in [-0.39, 0.29) is 12.0 Å². The van der Waals surface area contributed by atoms with Gasteiger partial charge in [-0.3, -0.25) is 0 Å². The first-order valence-corrected chi connectivity index (χ1v) is 6.27. The quantitative estimate of drug-likeness (QED) is 0.755. The lowest BCUT2D eigenvalue weighted by Gasteiger charge is -2.34. The normalized spacial score (nSPS) is 24.1. The van der Waals surface area contributed by atoms with Crippen LogP contribution >= 0.6 is 0 Å². The smallest absolute Gasteiger partial charge is 0.309 e. The van der Waals surface area contributed by atoms with Crippen LogP contribution in [0.5, 0.6) is 0 Å². The van der Waals surface area contributed by atoms with Crippen LogP contribution in [0.25, 0.3) is 0 Å². The van der Waals surface area contributed by atoms with Crippen molar-refractivity contribution < 1.29 is 30.7 Å². The number of halogens is 7. The Kier molecular flexibility index (Phi) is 4.19. The van der Waals surface area contributed by atoms with E-state index < -0.39 is 35.7 Å². The predicted octanol–water partition coefficient (Wildman–Crippen LogP) is 4.45. The van der Waals surface area contributed by atoms with Crippen molar-refractivity contribution in [3.8, 4) is 0 Å². The average molecular weight is 315 g/mol. The molecule has 1 fully saturated rings. The zero-order chi connectivity index (χ0) is 15.8. The first-order valence-electron chi connectivity index (χ1n) is 6.27. The van der Waals surface area contributed by atoms with Gasteiger partial charge in [0.05, 0.1) is 11.5 Å². The summed E-state index contributed by atoms with van der Waals surface area (Å²) in [5, 5.41) is 2.61. The summed E-state index contributed by atoms with van der Waals surface area (Å²) in [5.74, 6) is -3.30. The fourth-order valence-electron chi connectivity index (χ4n) is 2.55. The van der Waals surface area contributed by atoms with Crippen molar-refractivity contribution in [2.24, 2.45) is 5.92 Å². The second-order valence-corrected chi connectivity index (χ2v) is 4.96. The van der Waals surface area contributed by atoms with Gasteiger partial charge in [-0.2, -0.15) is 26.3 Å². The van der Waals surface area contributed by atoms with E-state index in [4.69, 9.17) is 0 Å². The van der Waals surface area contributed by atoms with Crippen LogP contribution in [-0.2, 0) is 6.18 Å². The fourth-order valence-corrected chi connectivity index (χ4v) is 2.55. The Bertz CT molecular complexity index is 506. The summed E-state index contributed by atoms with van der Waals surface area (Å²) in [6.07, 6.45) is -9.18. The molecule has 1 N–H and O–H groups in total. The minimum atomic E-state index is -4.87. The van der Waals surface area contributed by atoms with Crippen molar-refractivity contribution in [2.75, 3.05) is 6.54 Å². The summed E-state index contributed by atoms with van der Waals surface area (Å²) in [6.45, 7) is 0.305. The molecule has 0 bridgehead atoms. The zero-order valence-electron chi connectivity index (χ0n) is 10.7. The number of benzene rings is 1. The highest BCUT2D eigenvalue weighted by molar-refractivity contribution is 5.29. The van der Waals surface area contributed by atoms with Gasteiger partial charge in [-0.05, 0) is 37.1 Å². The van der Waals surface area contributed by atoms with E-state index in [2.05, 4.69) is 5.32 Å². The fraction of sp³-hybridized carbons (Fsp3) is 0.538. The van der Waals surface area contributed by atoms with Crippen molar-refractivity contribution in [1.29, 1.82) is 0 Å². The van der Waals surface area contributed by atoms with Crippen LogP contribution in [-0.4, -0.2) is 12.7 Å².